The molecule has 4 rings (SSSR count). The molecular formula is C19H24N4O3S2. The quantitative estimate of drug-likeness (QED) is 0.304. The lowest BCUT2D eigenvalue weighted by Gasteiger charge is -2.21. The number of nitrogens with zero attached hydrogens (tertiary/aromatic N) is 2. The van der Waals surface area contributed by atoms with Crippen molar-refractivity contribution in [3.05, 3.63) is 39.5 Å². The molecule has 2 aliphatic rings. The van der Waals surface area contributed by atoms with Crippen molar-refractivity contribution in [3.63, 3.8) is 0 Å². The van der Waals surface area contributed by atoms with Crippen LogP contribution < -0.4 is 11.2 Å². The number of amides is 2. The first kappa shape index (κ1) is 19.7. The molecule has 28 heavy (non-hydrogen) atoms. The van der Waals surface area contributed by atoms with E-state index in [1.54, 1.807) is 18.4 Å². The van der Waals surface area contributed by atoms with Gasteiger partial charge in [0.25, 0.3) is 0 Å². The minimum Gasteiger partial charge on any atom is -0.586 e. The number of pyridine rings is 1. The molecule has 2 aliphatic carbocycles. The number of aromatic nitrogens is 1. The highest BCUT2D eigenvalue weighted by Gasteiger charge is 2.33. The largest absolute Gasteiger partial charge is 0.586 e. The number of hydrogen-bond donors (Lipinski definition) is 3. The predicted molar refractivity (Wildman–Crippen MR) is 109 cm³/mol. The van der Waals surface area contributed by atoms with Crippen LogP contribution in [-0.2, 0) is 30.6 Å². The molecule has 0 saturated carbocycles. The van der Waals surface area contributed by atoms with E-state index in [2.05, 4.69) is 12.2 Å². The van der Waals surface area contributed by atoms with Crippen LogP contribution in [0.15, 0.2) is 15.7 Å². The van der Waals surface area contributed by atoms with Crippen molar-refractivity contribution in [1.29, 1.82) is 0 Å². The lowest BCUT2D eigenvalue weighted by Crippen LogP contribution is -2.45. The maximum atomic E-state index is 12.8. The van der Waals surface area contributed by atoms with Gasteiger partial charge in [0.1, 0.15) is 11.4 Å². The van der Waals surface area contributed by atoms with E-state index >= 15 is 0 Å². The number of fused-ring (bicyclic) bond motifs is 2. The minimum absolute atomic E-state index is 0.379. The monoisotopic (exact) mass is 420 g/mol. The van der Waals surface area contributed by atoms with Gasteiger partial charge in [-0.25, -0.2) is 4.79 Å². The van der Waals surface area contributed by atoms with E-state index in [0.717, 1.165) is 64.7 Å². The molecule has 0 radical (unpaired) electrons. The zero-order chi connectivity index (χ0) is 20.0. The van der Waals surface area contributed by atoms with E-state index in [1.165, 1.54) is 11.3 Å². The third-order valence-electron chi connectivity index (χ3n) is 5.51. The highest BCUT2D eigenvalue weighted by molar-refractivity contribution is 7.91. The van der Waals surface area contributed by atoms with E-state index < -0.39 is 23.5 Å². The summed E-state index contributed by atoms with van der Waals surface area (Å²) in [7, 11) is 0. The molecule has 3 atom stereocenters. The summed E-state index contributed by atoms with van der Waals surface area (Å²) in [6.07, 6.45) is 4.07. The number of anilines is 1. The number of thiophene rings is 1. The van der Waals surface area contributed by atoms with Crippen LogP contribution in [0.25, 0.3) is 0 Å². The molecule has 2 aromatic rings. The molecule has 0 saturated heterocycles. The average molecular weight is 421 g/mol. The molecule has 4 N–H and O–H groups in total. The van der Waals surface area contributed by atoms with Gasteiger partial charge in [0, 0.05) is 22.8 Å². The number of hydrogen-bond acceptors (Lipinski definition) is 6. The third-order valence-corrected chi connectivity index (χ3v) is 7.95. The number of carbonyl (C=O) groups excluding carboxylic acids is 1. The van der Waals surface area contributed by atoms with Gasteiger partial charge in [-0.3, -0.25) is 4.98 Å². The molecule has 7 nitrogen and oxygen atoms in total. The first-order valence-electron chi connectivity index (χ1n) is 9.45. The van der Waals surface area contributed by atoms with E-state index in [4.69, 9.17) is 10.8 Å². The van der Waals surface area contributed by atoms with E-state index in [0.29, 0.717) is 15.7 Å². The Balaban J connectivity index is 1.57. The molecule has 0 fully saturated rings. The van der Waals surface area contributed by atoms with Crippen molar-refractivity contribution in [3.8, 4) is 0 Å². The van der Waals surface area contributed by atoms with Gasteiger partial charge in [-0.1, -0.05) is 22.7 Å². The van der Waals surface area contributed by atoms with Crippen molar-refractivity contribution in [2.24, 2.45) is 5.84 Å². The summed E-state index contributed by atoms with van der Waals surface area (Å²) in [5, 5.41) is 14.3. The van der Waals surface area contributed by atoms with Gasteiger partial charge in [-0.2, -0.15) is 5.84 Å². The van der Waals surface area contributed by atoms with Crippen molar-refractivity contribution in [1.82, 2.24) is 9.40 Å². The van der Waals surface area contributed by atoms with Crippen LogP contribution in [-0.4, -0.2) is 25.1 Å². The Morgan fingerprint density at radius 2 is 2.25 bits per heavy atom. The predicted octanol–water partition coefficient (Wildman–Crippen LogP) is 3.17. The summed E-state index contributed by atoms with van der Waals surface area (Å²) in [5.74, 6) is 6.27. The van der Waals surface area contributed by atoms with Gasteiger partial charge in [-0.05, 0) is 61.6 Å². The van der Waals surface area contributed by atoms with Crippen molar-refractivity contribution in [2.75, 3.05) is 5.32 Å². The number of hydrazine groups is 1. The summed E-state index contributed by atoms with van der Waals surface area (Å²) < 4.78 is 13.8. The first-order chi connectivity index (χ1) is 13.4. The summed E-state index contributed by atoms with van der Waals surface area (Å²) in [4.78, 5) is 17.6. The molecule has 0 aliphatic heterocycles. The van der Waals surface area contributed by atoms with E-state index in [-0.39, 0.29) is 0 Å². The number of nitrogens with one attached hydrogen (secondary N) is 1. The number of carbonyl (C=O) groups is 1. The molecule has 2 unspecified atom stereocenters. The smallest absolute Gasteiger partial charge is 0.379 e. The molecule has 0 spiro atoms. The molecule has 2 amide bonds. The zero-order valence-electron chi connectivity index (χ0n) is 15.9. The highest BCUT2D eigenvalue weighted by Crippen LogP contribution is 2.41. The van der Waals surface area contributed by atoms with Crippen LogP contribution in [0, 0.1) is 0 Å². The molecular weight excluding hydrogens is 396 g/mol. The highest BCUT2D eigenvalue weighted by atomic mass is 32.2. The molecule has 9 heteroatoms. The number of aliphatic hydroxyl groups excluding tert-OH is 1. The Labute approximate surface area is 171 Å². The fraction of sp³-hybridized carbons (Fsp3) is 0.474. The van der Waals surface area contributed by atoms with Crippen LogP contribution in [0.3, 0.4) is 0 Å². The molecule has 0 bridgehead atoms. The Morgan fingerprint density at radius 1 is 1.46 bits per heavy atom. The van der Waals surface area contributed by atoms with Crippen LogP contribution in [0.1, 0.15) is 66.8 Å². The van der Waals surface area contributed by atoms with E-state index in [1.807, 2.05) is 0 Å². The Morgan fingerprint density at radius 3 is 2.96 bits per heavy atom. The Kier molecular flexibility index (Phi) is 5.36. The van der Waals surface area contributed by atoms with Crippen molar-refractivity contribution < 1.29 is 14.5 Å². The fourth-order valence-corrected chi connectivity index (χ4v) is 5.99. The van der Waals surface area contributed by atoms with Gasteiger partial charge < -0.3 is 15.0 Å². The van der Waals surface area contributed by atoms with Crippen LogP contribution >= 0.6 is 11.3 Å². The molecule has 150 valence electrons. The van der Waals surface area contributed by atoms with Gasteiger partial charge in [0.05, 0.1) is 11.8 Å². The number of aryl methyl sites for hydroxylation is 1. The summed E-state index contributed by atoms with van der Waals surface area (Å²) in [6.45, 7) is 3.79. The van der Waals surface area contributed by atoms with Crippen LogP contribution in [0.5, 0.6) is 0 Å². The Hall–Kier alpha value is -1.65. The van der Waals surface area contributed by atoms with E-state index in [9.17, 15) is 14.5 Å². The Bertz CT molecular complexity index is 915. The van der Waals surface area contributed by atoms with Gasteiger partial charge in [0.2, 0.25) is 4.21 Å². The summed E-state index contributed by atoms with van der Waals surface area (Å²) in [5.41, 5.74) is 5.78. The van der Waals surface area contributed by atoms with Crippen LogP contribution in [0.2, 0.25) is 0 Å². The molecule has 0 aromatic carbocycles. The lowest BCUT2D eigenvalue weighted by atomic mass is 10.0. The SMILES string of the molecule is CC(O)c1csc([S+]([O-])N(N)C(=O)Nc2c3c(nc4c2CC[C@H]4C)CCC3)c1. The summed E-state index contributed by atoms with van der Waals surface area (Å²) in [6, 6.07) is 1.01. The number of nitrogens with two attached hydrogens (primary N) is 1. The third kappa shape index (κ3) is 3.42. The second kappa shape index (κ2) is 7.64. The van der Waals surface area contributed by atoms with Gasteiger partial charge in [-0.15, -0.1) is 0 Å². The van der Waals surface area contributed by atoms with Gasteiger partial charge in [0.15, 0.2) is 0 Å². The standard InChI is InChI=1S/C19H24N4O3S2/c1-10-6-7-14-17(10)21-15-5-3-4-13(15)18(14)22-19(25)23(20)28(26)16-8-12(9-27-16)11(2)24/h8-11,24H,3-7,20H2,1-2H3,(H,21,22,25)/t10-,11?,28?/m1/s1. The minimum atomic E-state index is -1.84. The van der Waals surface area contributed by atoms with Gasteiger partial charge >= 0.3 is 6.03 Å². The van der Waals surface area contributed by atoms with Crippen LogP contribution in [0.4, 0.5) is 10.5 Å². The zero-order valence-corrected chi connectivity index (χ0v) is 17.5. The second-order valence-corrected chi connectivity index (χ2v) is 9.95. The molecule has 2 aromatic heterocycles. The lowest BCUT2D eigenvalue weighted by molar-refractivity contribution is 0.199. The normalized spacial score (nSPS) is 19.8. The number of aliphatic hydroxyl groups is 1. The fourth-order valence-electron chi connectivity index (χ4n) is 3.93. The second-order valence-electron chi connectivity index (χ2n) is 7.45. The number of rotatable bonds is 4. The maximum Gasteiger partial charge on any atom is 0.379 e. The number of urea groups is 1. The maximum absolute atomic E-state index is 12.8. The topological polar surface area (TPSA) is 115 Å². The summed E-state index contributed by atoms with van der Waals surface area (Å²) >= 11 is -0.634. The van der Waals surface area contributed by atoms with Crippen molar-refractivity contribution in [2.45, 2.75) is 62.2 Å². The molecule has 2 heterocycles. The first-order valence-corrected chi connectivity index (χ1v) is 11.4. The average Bonchev–Trinajstić information content (AvgIpc) is 3.40. The van der Waals surface area contributed by atoms with Crippen molar-refractivity contribution >= 4 is 34.4 Å².